The molecule has 5 rings (SSSR count). The normalized spacial score (nSPS) is 11.2. The van der Waals surface area contributed by atoms with Gasteiger partial charge in [0, 0.05) is 18.7 Å². The van der Waals surface area contributed by atoms with Crippen molar-refractivity contribution in [3.8, 4) is 22.5 Å². The van der Waals surface area contributed by atoms with Crippen LogP contribution in [0.4, 0.5) is 17.6 Å². The number of hydrogen-bond donors (Lipinski definition) is 3. The van der Waals surface area contributed by atoms with Gasteiger partial charge in [-0.3, -0.25) is 0 Å². The number of fused-ring (bicyclic) bond motifs is 1. The minimum absolute atomic E-state index is 0.269. The number of imidazole rings is 1. The molecule has 0 aliphatic rings. The number of carboxylic acids is 1. The van der Waals surface area contributed by atoms with Crippen LogP contribution in [0.5, 0.6) is 0 Å². The lowest BCUT2D eigenvalue weighted by molar-refractivity contribution is -0.192. The van der Waals surface area contributed by atoms with Gasteiger partial charge in [0.2, 0.25) is 0 Å². The van der Waals surface area contributed by atoms with Crippen LogP contribution in [-0.2, 0) is 17.9 Å². The molecule has 5 nitrogen and oxygen atoms in total. The first-order chi connectivity index (χ1) is 18.2. The van der Waals surface area contributed by atoms with E-state index in [4.69, 9.17) is 9.90 Å². The minimum Gasteiger partial charge on any atom is -0.475 e. The van der Waals surface area contributed by atoms with Crippen LogP contribution in [0.15, 0.2) is 97.1 Å². The van der Waals surface area contributed by atoms with Crippen molar-refractivity contribution < 1.29 is 27.5 Å². The highest BCUT2D eigenvalue weighted by molar-refractivity contribution is 5.80. The van der Waals surface area contributed by atoms with Crippen molar-refractivity contribution in [1.29, 1.82) is 0 Å². The average molecular weight is 522 g/mol. The number of carboxylic acid groups (broad SMARTS) is 1. The number of nitrogens with zero attached hydrogens (tertiary/aromatic N) is 1. The molecular weight excluding hydrogens is 498 g/mol. The Kier molecular flexibility index (Phi) is 8.18. The summed E-state index contributed by atoms with van der Waals surface area (Å²) >= 11 is 0. The Morgan fingerprint density at radius 1 is 0.789 bits per heavy atom. The van der Waals surface area contributed by atoms with Crippen molar-refractivity contribution in [2.45, 2.75) is 19.3 Å². The summed E-state index contributed by atoms with van der Waals surface area (Å²) in [5, 5.41) is 10.6. The van der Waals surface area contributed by atoms with Crippen molar-refractivity contribution in [2.24, 2.45) is 0 Å². The van der Waals surface area contributed by atoms with Gasteiger partial charge in [-0.2, -0.15) is 13.2 Å². The standard InChI is InChI=1S/C27H22FN3.C2HF3O2/c28-24-13-14-25-26(16-24)31-27(30-25)23-8-4-7-22(15-23)21-11-9-20(10-12-21)18-29-17-19-5-2-1-3-6-19;3-2(4,5)1(6)7/h1-16,29H,17-18H2,(H,30,31);(H,6,7). The third-order valence-corrected chi connectivity index (χ3v) is 5.61. The molecule has 0 spiro atoms. The first-order valence-corrected chi connectivity index (χ1v) is 11.6. The van der Waals surface area contributed by atoms with E-state index in [1.54, 1.807) is 6.07 Å². The molecule has 0 bridgehead atoms. The summed E-state index contributed by atoms with van der Waals surface area (Å²) in [6, 6.07) is 31.8. The van der Waals surface area contributed by atoms with Gasteiger partial charge in [0.05, 0.1) is 11.0 Å². The van der Waals surface area contributed by atoms with Crippen LogP contribution in [0.1, 0.15) is 11.1 Å². The maximum atomic E-state index is 13.5. The summed E-state index contributed by atoms with van der Waals surface area (Å²) in [4.78, 5) is 16.7. The van der Waals surface area contributed by atoms with E-state index in [9.17, 15) is 17.6 Å². The maximum Gasteiger partial charge on any atom is 0.490 e. The monoisotopic (exact) mass is 521 g/mol. The van der Waals surface area contributed by atoms with Gasteiger partial charge in [-0.15, -0.1) is 0 Å². The fourth-order valence-electron chi connectivity index (χ4n) is 3.73. The molecule has 0 unspecified atom stereocenters. The number of aromatic amines is 1. The fraction of sp³-hybridized carbons (Fsp3) is 0.103. The Bertz CT molecular complexity index is 1510. The van der Waals surface area contributed by atoms with Crippen LogP contribution >= 0.6 is 0 Å². The molecule has 1 aromatic heterocycles. The highest BCUT2D eigenvalue weighted by Crippen LogP contribution is 2.27. The van der Waals surface area contributed by atoms with E-state index in [1.165, 1.54) is 23.3 Å². The molecule has 3 N–H and O–H groups in total. The topological polar surface area (TPSA) is 78.0 Å². The molecule has 0 radical (unpaired) electrons. The third-order valence-electron chi connectivity index (χ3n) is 5.61. The van der Waals surface area contributed by atoms with E-state index in [-0.39, 0.29) is 5.82 Å². The largest absolute Gasteiger partial charge is 0.490 e. The fourth-order valence-corrected chi connectivity index (χ4v) is 3.73. The molecule has 0 saturated heterocycles. The molecule has 0 aliphatic heterocycles. The van der Waals surface area contributed by atoms with Crippen molar-refractivity contribution >= 4 is 17.0 Å². The Morgan fingerprint density at radius 3 is 2.08 bits per heavy atom. The second-order valence-corrected chi connectivity index (χ2v) is 8.42. The highest BCUT2D eigenvalue weighted by atomic mass is 19.4. The van der Waals surface area contributed by atoms with Gasteiger partial charge in [-0.1, -0.05) is 72.8 Å². The second-order valence-electron chi connectivity index (χ2n) is 8.42. The summed E-state index contributed by atoms with van der Waals surface area (Å²) in [6.07, 6.45) is -5.08. The summed E-state index contributed by atoms with van der Waals surface area (Å²) in [6.45, 7) is 1.68. The average Bonchev–Trinajstić information content (AvgIpc) is 3.33. The molecule has 194 valence electrons. The number of aliphatic carboxylic acids is 1. The Hall–Kier alpha value is -4.50. The van der Waals surface area contributed by atoms with Crippen LogP contribution in [0.2, 0.25) is 0 Å². The van der Waals surface area contributed by atoms with Gasteiger partial charge in [0.1, 0.15) is 11.6 Å². The zero-order valence-corrected chi connectivity index (χ0v) is 20.0. The number of H-pyrrole nitrogens is 1. The molecule has 0 atom stereocenters. The zero-order valence-electron chi connectivity index (χ0n) is 20.0. The van der Waals surface area contributed by atoms with E-state index in [2.05, 4.69) is 75.9 Å². The van der Waals surface area contributed by atoms with Crippen molar-refractivity contribution in [1.82, 2.24) is 15.3 Å². The van der Waals surface area contributed by atoms with Crippen LogP contribution in [0.25, 0.3) is 33.5 Å². The number of rotatable bonds is 6. The first-order valence-electron chi connectivity index (χ1n) is 11.6. The lowest BCUT2D eigenvalue weighted by Crippen LogP contribution is -2.21. The molecule has 9 heteroatoms. The third kappa shape index (κ3) is 7.04. The van der Waals surface area contributed by atoms with Gasteiger partial charge >= 0.3 is 12.1 Å². The molecule has 38 heavy (non-hydrogen) atoms. The van der Waals surface area contributed by atoms with Gasteiger partial charge in [0.25, 0.3) is 0 Å². The zero-order chi connectivity index (χ0) is 27.1. The van der Waals surface area contributed by atoms with Gasteiger partial charge in [0.15, 0.2) is 0 Å². The summed E-state index contributed by atoms with van der Waals surface area (Å²) < 4.78 is 45.2. The quantitative estimate of drug-likeness (QED) is 0.211. The number of alkyl halides is 3. The van der Waals surface area contributed by atoms with Gasteiger partial charge in [-0.25, -0.2) is 14.2 Å². The Morgan fingerprint density at radius 2 is 1.42 bits per heavy atom. The lowest BCUT2D eigenvalue weighted by atomic mass is 10.0. The van der Waals surface area contributed by atoms with Crippen LogP contribution in [-0.4, -0.2) is 27.2 Å². The summed E-state index contributed by atoms with van der Waals surface area (Å²) in [5.41, 5.74) is 7.23. The predicted molar refractivity (Wildman–Crippen MR) is 138 cm³/mol. The molecule has 0 amide bonds. The van der Waals surface area contributed by atoms with E-state index >= 15 is 0 Å². The number of aromatic nitrogens is 2. The molecule has 1 heterocycles. The van der Waals surface area contributed by atoms with Gasteiger partial charge < -0.3 is 15.4 Å². The SMILES string of the molecule is Fc1ccc2nc(-c3cccc(-c4ccc(CNCc5ccccc5)cc4)c3)[nH]c2c1.O=C(O)C(F)(F)F. The van der Waals surface area contributed by atoms with Crippen molar-refractivity contribution in [3.63, 3.8) is 0 Å². The molecule has 0 aliphatic carbocycles. The number of halogens is 4. The lowest BCUT2D eigenvalue weighted by Gasteiger charge is -2.08. The number of carbonyl (C=O) groups is 1. The van der Waals surface area contributed by atoms with Crippen LogP contribution in [0, 0.1) is 5.82 Å². The van der Waals surface area contributed by atoms with E-state index in [0.29, 0.717) is 5.52 Å². The van der Waals surface area contributed by atoms with Crippen LogP contribution in [0.3, 0.4) is 0 Å². The second kappa shape index (κ2) is 11.7. The molecule has 0 fully saturated rings. The smallest absolute Gasteiger partial charge is 0.475 e. The molecule has 5 aromatic rings. The van der Waals surface area contributed by atoms with E-state index < -0.39 is 12.1 Å². The molecule has 4 aromatic carbocycles. The Balaban J connectivity index is 0.000000426. The predicted octanol–water partition coefficient (Wildman–Crippen LogP) is 6.96. The summed E-state index contributed by atoms with van der Waals surface area (Å²) in [5.74, 6) is -2.29. The highest BCUT2D eigenvalue weighted by Gasteiger charge is 2.38. The first kappa shape index (κ1) is 26.6. The maximum absolute atomic E-state index is 13.5. The summed E-state index contributed by atoms with van der Waals surface area (Å²) in [7, 11) is 0. The number of hydrogen-bond acceptors (Lipinski definition) is 3. The van der Waals surface area contributed by atoms with Gasteiger partial charge in [-0.05, 0) is 46.5 Å². The molecular formula is C29H23F4N3O2. The minimum atomic E-state index is -5.08. The van der Waals surface area contributed by atoms with E-state index in [1.807, 2.05) is 18.2 Å². The van der Waals surface area contributed by atoms with Crippen molar-refractivity contribution in [2.75, 3.05) is 0 Å². The number of nitrogens with one attached hydrogen (secondary N) is 2. The van der Waals surface area contributed by atoms with E-state index in [0.717, 1.165) is 41.1 Å². The molecule has 0 saturated carbocycles. The Labute approximate surface area is 215 Å². The number of benzene rings is 4. The van der Waals surface area contributed by atoms with Crippen molar-refractivity contribution in [3.05, 3.63) is 114 Å². The van der Waals surface area contributed by atoms with Crippen LogP contribution < -0.4 is 5.32 Å².